The Hall–Kier alpha value is -1.10. The molecule has 0 aromatic rings. The topological polar surface area (TPSA) is 52.7 Å². The average Bonchev–Trinajstić information content (AvgIpc) is 3.05. The number of hydrogen-bond donors (Lipinski definition) is 1. The van der Waals surface area contributed by atoms with E-state index in [4.69, 9.17) is 0 Å². The fourth-order valence-electron chi connectivity index (χ4n) is 3.21. The van der Waals surface area contributed by atoms with Crippen molar-refractivity contribution in [2.24, 2.45) is 0 Å². The zero-order valence-corrected chi connectivity index (χ0v) is 12.0. The maximum atomic E-state index is 12.7. The maximum absolute atomic E-state index is 12.7. The summed E-state index contributed by atoms with van der Waals surface area (Å²) < 4.78 is 0. The lowest BCUT2D eigenvalue weighted by molar-refractivity contribution is -0.144. The van der Waals surface area contributed by atoms with Crippen LogP contribution in [0.25, 0.3) is 0 Å². The van der Waals surface area contributed by atoms with Crippen LogP contribution in [-0.4, -0.2) is 59.9 Å². The molecule has 0 radical (unpaired) electrons. The SMILES string of the molecule is CCCN(C(=O)C1CCCN1C(C)=O)C1CCNC1. The summed E-state index contributed by atoms with van der Waals surface area (Å²) >= 11 is 0. The molecule has 5 heteroatoms. The fourth-order valence-corrected chi connectivity index (χ4v) is 3.21. The summed E-state index contributed by atoms with van der Waals surface area (Å²) in [6.07, 6.45) is 3.76. The molecule has 2 unspecified atom stereocenters. The van der Waals surface area contributed by atoms with E-state index in [0.29, 0.717) is 6.04 Å². The molecule has 2 aliphatic rings. The molecule has 0 aromatic heterocycles. The highest BCUT2D eigenvalue weighted by atomic mass is 16.2. The van der Waals surface area contributed by atoms with Gasteiger partial charge in [0, 0.05) is 32.6 Å². The summed E-state index contributed by atoms with van der Waals surface area (Å²) in [5, 5.41) is 3.32. The second-order valence-corrected chi connectivity index (χ2v) is 5.55. The van der Waals surface area contributed by atoms with Crippen LogP contribution in [-0.2, 0) is 9.59 Å². The maximum Gasteiger partial charge on any atom is 0.245 e. The van der Waals surface area contributed by atoms with Crippen molar-refractivity contribution in [2.45, 2.75) is 51.6 Å². The van der Waals surface area contributed by atoms with Crippen LogP contribution in [0.5, 0.6) is 0 Å². The van der Waals surface area contributed by atoms with Crippen molar-refractivity contribution in [1.82, 2.24) is 15.1 Å². The first-order chi connectivity index (χ1) is 9.15. The van der Waals surface area contributed by atoms with E-state index in [0.717, 1.165) is 51.9 Å². The molecule has 2 atom stereocenters. The smallest absolute Gasteiger partial charge is 0.245 e. The molecular formula is C14H25N3O2. The summed E-state index contributed by atoms with van der Waals surface area (Å²) in [6, 6.07) is 0.0894. The molecule has 5 nitrogen and oxygen atoms in total. The number of carbonyl (C=O) groups is 2. The molecule has 2 fully saturated rings. The number of hydrogen-bond acceptors (Lipinski definition) is 3. The average molecular weight is 267 g/mol. The molecule has 2 rings (SSSR count). The van der Waals surface area contributed by atoms with Crippen LogP contribution in [0.1, 0.15) is 39.5 Å². The third kappa shape index (κ3) is 3.08. The van der Waals surface area contributed by atoms with Crippen LogP contribution >= 0.6 is 0 Å². The second kappa shape index (κ2) is 6.37. The van der Waals surface area contributed by atoms with Crippen LogP contribution in [0.3, 0.4) is 0 Å². The molecule has 0 saturated carbocycles. The summed E-state index contributed by atoms with van der Waals surface area (Å²) in [5.74, 6) is 0.181. The van der Waals surface area contributed by atoms with Gasteiger partial charge in [0.2, 0.25) is 11.8 Å². The summed E-state index contributed by atoms with van der Waals surface area (Å²) in [4.78, 5) is 28.1. The quantitative estimate of drug-likeness (QED) is 0.811. The molecule has 1 N–H and O–H groups in total. The molecule has 0 aromatic carbocycles. The van der Waals surface area contributed by atoms with E-state index in [9.17, 15) is 9.59 Å². The highest BCUT2D eigenvalue weighted by Gasteiger charge is 2.37. The zero-order valence-electron chi connectivity index (χ0n) is 12.0. The predicted molar refractivity (Wildman–Crippen MR) is 73.7 cm³/mol. The van der Waals surface area contributed by atoms with Gasteiger partial charge in [0.05, 0.1) is 0 Å². The molecule has 0 bridgehead atoms. The Balaban J connectivity index is 2.07. The predicted octanol–water partition coefficient (Wildman–Crippen LogP) is 0.598. The van der Waals surface area contributed by atoms with Crippen LogP contribution in [0.15, 0.2) is 0 Å². The first-order valence-electron chi connectivity index (χ1n) is 7.43. The van der Waals surface area contributed by atoms with Gasteiger partial charge in [-0.3, -0.25) is 9.59 Å². The standard InChI is InChI=1S/C14H25N3O2/c1-3-8-17(12-6-7-15-10-12)14(19)13-5-4-9-16(13)11(2)18/h12-13,15H,3-10H2,1-2H3. The minimum absolute atomic E-state index is 0.0249. The Morgan fingerprint density at radius 1 is 1.37 bits per heavy atom. The van der Waals surface area contributed by atoms with Crippen molar-refractivity contribution in [3.8, 4) is 0 Å². The fraction of sp³-hybridized carbons (Fsp3) is 0.857. The Morgan fingerprint density at radius 2 is 2.16 bits per heavy atom. The van der Waals surface area contributed by atoms with Crippen LogP contribution in [0.4, 0.5) is 0 Å². The number of nitrogens with one attached hydrogen (secondary N) is 1. The molecule has 2 amide bonds. The second-order valence-electron chi connectivity index (χ2n) is 5.55. The lowest BCUT2D eigenvalue weighted by Crippen LogP contribution is -2.51. The minimum atomic E-state index is -0.218. The molecule has 108 valence electrons. The molecule has 2 heterocycles. The minimum Gasteiger partial charge on any atom is -0.337 e. The van der Waals surface area contributed by atoms with Gasteiger partial charge in [-0.1, -0.05) is 6.92 Å². The number of amides is 2. The number of likely N-dealkylation sites (tertiary alicyclic amines) is 1. The Bertz CT molecular complexity index is 340. The van der Waals surface area contributed by atoms with Crippen molar-refractivity contribution in [3.63, 3.8) is 0 Å². The van der Waals surface area contributed by atoms with E-state index in [-0.39, 0.29) is 17.9 Å². The molecular weight excluding hydrogens is 242 g/mol. The van der Waals surface area contributed by atoms with Gasteiger partial charge in [0.25, 0.3) is 0 Å². The van der Waals surface area contributed by atoms with E-state index in [1.54, 1.807) is 11.8 Å². The van der Waals surface area contributed by atoms with Crippen molar-refractivity contribution in [3.05, 3.63) is 0 Å². The van der Waals surface area contributed by atoms with Crippen molar-refractivity contribution in [1.29, 1.82) is 0 Å². The van der Waals surface area contributed by atoms with Gasteiger partial charge in [-0.2, -0.15) is 0 Å². The van der Waals surface area contributed by atoms with Crippen molar-refractivity contribution < 1.29 is 9.59 Å². The van der Waals surface area contributed by atoms with Gasteiger partial charge in [-0.05, 0) is 32.2 Å². The first-order valence-corrected chi connectivity index (χ1v) is 7.43. The van der Waals surface area contributed by atoms with E-state index >= 15 is 0 Å². The summed E-state index contributed by atoms with van der Waals surface area (Å²) in [6.45, 7) is 7.06. The normalized spacial score (nSPS) is 26.7. The van der Waals surface area contributed by atoms with Gasteiger partial charge in [-0.25, -0.2) is 0 Å². The molecule has 2 saturated heterocycles. The van der Waals surface area contributed by atoms with E-state index in [1.165, 1.54) is 0 Å². The Kier molecular flexibility index (Phi) is 4.80. The third-order valence-corrected chi connectivity index (χ3v) is 4.16. The zero-order chi connectivity index (χ0) is 13.8. The van der Waals surface area contributed by atoms with Gasteiger partial charge in [0.15, 0.2) is 0 Å². The monoisotopic (exact) mass is 267 g/mol. The Morgan fingerprint density at radius 3 is 2.74 bits per heavy atom. The molecule has 0 aliphatic carbocycles. The van der Waals surface area contributed by atoms with E-state index in [2.05, 4.69) is 12.2 Å². The van der Waals surface area contributed by atoms with Crippen molar-refractivity contribution in [2.75, 3.05) is 26.2 Å². The third-order valence-electron chi connectivity index (χ3n) is 4.16. The number of rotatable bonds is 4. The molecule has 0 spiro atoms. The molecule has 2 aliphatic heterocycles. The highest BCUT2D eigenvalue weighted by molar-refractivity contribution is 5.87. The number of carbonyl (C=O) groups excluding carboxylic acids is 2. The molecule has 19 heavy (non-hydrogen) atoms. The first kappa shape index (κ1) is 14.3. The summed E-state index contributed by atoms with van der Waals surface area (Å²) in [7, 11) is 0. The van der Waals surface area contributed by atoms with Crippen LogP contribution < -0.4 is 5.32 Å². The van der Waals surface area contributed by atoms with Gasteiger partial charge in [-0.15, -0.1) is 0 Å². The Labute approximate surface area is 115 Å². The van der Waals surface area contributed by atoms with E-state index in [1.807, 2.05) is 4.90 Å². The van der Waals surface area contributed by atoms with Crippen molar-refractivity contribution >= 4 is 11.8 Å². The largest absolute Gasteiger partial charge is 0.337 e. The number of nitrogens with zero attached hydrogens (tertiary/aromatic N) is 2. The lowest BCUT2D eigenvalue weighted by atomic mass is 10.1. The van der Waals surface area contributed by atoms with E-state index < -0.39 is 0 Å². The van der Waals surface area contributed by atoms with Crippen LogP contribution in [0.2, 0.25) is 0 Å². The lowest BCUT2D eigenvalue weighted by Gasteiger charge is -2.33. The highest BCUT2D eigenvalue weighted by Crippen LogP contribution is 2.22. The van der Waals surface area contributed by atoms with Gasteiger partial charge in [0.1, 0.15) is 6.04 Å². The van der Waals surface area contributed by atoms with Gasteiger partial charge >= 0.3 is 0 Å². The van der Waals surface area contributed by atoms with Crippen LogP contribution in [0, 0.1) is 0 Å². The van der Waals surface area contributed by atoms with Gasteiger partial charge < -0.3 is 15.1 Å². The summed E-state index contributed by atoms with van der Waals surface area (Å²) in [5.41, 5.74) is 0.